The molecule has 9 fully saturated rings. The zero-order valence-corrected chi connectivity index (χ0v) is 53.3. The van der Waals surface area contributed by atoms with Gasteiger partial charge in [0.15, 0.2) is 0 Å². The molecule has 5 aliphatic heterocycles. The number of fused-ring (bicyclic) bond motifs is 20. The van der Waals surface area contributed by atoms with Gasteiger partial charge in [-0.25, -0.2) is 0 Å². The Labute approximate surface area is 503 Å². The molecular weight excluding hydrogens is 1060 g/mol. The molecule has 16 atom stereocenters. The largest absolute Gasteiger partial charge is 0.378 e. The molecule has 5 saturated heterocycles. The van der Waals surface area contributed by atoms with Gasteiger partial charge in [0.1, 0.15) is 0 Å². The molecule has 4 saturated carbocycles. The summed E-state index contributed by atoms with van der Waals surface area (Å²) in [4.78, 5) is 0. The van der Waals surface area contributed by atoms with Gasteiger partial charge in [-0.3, -0.25) is 42.5 Å². The minimum atomic E-state index is -0.0579. The molecular formula is C64H120MnN8O8. The second-order valence-corrected chi connectivity index (χ2v) is 26.2. The van der Waals surface area contributed by atoms with Gasteiger partial charge in [-0.15, -0.1) is 0 Å². The van der Waals surface area contributed by atoms with Gasteiger partial charge in [-0.05, 0) is 103 Å². The van der Waals surface area contributed by atoms with Crippen molar-refractivity contribution in [1.82, 2.24) is 42.5 Å². The van der Waals surface area contributed by atoms with E-state index in [-0.39, 0.29) is 163 Å². The quantitative estimate of drug-likeness (QED) is 0.0237. The van der Waals surface area contributed by atoms with Gasteiger partial charge in [0.25, 0.3) is 0 Å². The fourth-order valence-electron chi connectivity index (χ4n) is 16.6. The van der Waals surface area contributed by atoms with Crippen molar-refractivity contribution in [2.45, 2.75) is 308 Å². The first kappa shape index (κ1) is 66.8. The van der Waals surface area contributed by atoms with E-state index in [1.54, 1.807) is 0 Å². The van der Waals surface area contributed by atoms with Gasteiger partial charge in [-0.1, -0.05) is 107 Å². The zero-order chi connectivity index (χ0) is 55.8. The number of nitrogens with one attached hydrogen (secondary N) is 8. The molecule has 4 aliphatic carbocycles. The molecule has 0 amide bonds. The normalized spacial score (nSPS) is 41.8. The summed E-state index contributed by atoms with van der Waals surface area (Å²) in [6, 6.07) is 0. The van der Waals surface area contributed by atoms with Crippen molar-refractivity contribution in [1.29, 1.82) is 0 Å². The zero-order valence-electron chi connectivity index (χ0n) is 52.1. The van der Waals surface area contributed by atoms with Gasteiger partial charge in [0, 0.05) is 117 Å². The summed E-state index contributed by atoms with van der Waals surface area (Å²) < 4.78 is 57.2. The standard InChI is InChI=1S/C64H120N8O8.Mn/c1-9-17-33-73-41-25-26-42(74-34-18-10-2)50-49(41)57-65-58(50)70-60-53-45(77-37-21-13-5)29-30-46(78-38-22-14-6)54(53)62(67-60)72-64-56-48(80-40-24-16-8)32-31-47(79-39-23-15-7)55(56)63(68-64)71-61-52-44(76-36-20-12-4)28-27-43(75-35-19-11-3)51(52)59(66-61)69-57;/h41-72H,9-40H2,1-8H3;. The van der Waals surface area contributed by atoms with Crippen LogP contribution in [0, 0.1) is 47.3 Å². The van der Waals surface area contributed by atoms with Crippen LogP contribution in [0.5, 0.6) is 0 Å². The second kappa shape index (κ2) is 34.6. The molecule has 1 radical (unpaired) electrons. The summed E-state index contributed by atoms with van der Waals surface area (Å²) in [5, 5.41) is 35.5. The van der Waals surface area contributed by atoms with E-state index in [1.807, 2.05) is 0 Å². The third-order valence-corrected chi connectivity index (χ3v) is 20.7. The van der Waals surface area contributed by atoms with Crippen LogP contribution in [0.2, 0.25) is 0 Å². The van der Waals surface area contributed by atoms with Crippen LogP contribution >= 0.6 is 0 Å². The second-order valence-electron chi connectivity index (χ2n) is 26.2. The first-order valence-electron chi connectivity index (χ1n) is 34.4. The predicted molar refractivity (Wildman–Crippen MR) is 317 cm³/mol. The molecule has 81 heavy (non-hydrogen) atoms. The molecule has 9 aliphatic rings. The van der Waals surface area contributed by atoms with Crippen molar-refractivity contribution >= 4 is 0 Å². The van der Waals surface area contributed by atoms with Crippen LogP contribution in [-0.2, 0) is 55.0 Å². The Hall–Kier alpha value is -0.121. The fraction of sp³-hybridized carbons (Fsp3) is 1.00. The van der Waals surface area contributed by atoms with Gasteiger partial charge in [0.05, 0.1) is 98.2 Å². The SMILES string of the molecule is CCCCOC1CCC(OCCCC)C2C3NC(NC4NC(NC5NC(NC6NC(N3)C3C(OCCCC)CCC(OCCCC)C63)C3C(OCCCC)CCC(OCCCC)C53)C3C(OCCCC)CCC(OCCCC)C43)C12.[Mn]. The maximum absolute atomic E-state index is 7.15. The van der Waals surface area contributed by atoms with Crippen LogP contribution in [0.4, 0.5) is 0 Å². The Morgan fingerprint density at radius 2 is 0.321 bits per heavy atom. The van der Waals surface area contributed by atoms with Gasteiger partial charge >= 0.3 is 0 Å². The van der Waals surface area contributed by atoms with Crippen molar-refractivity contribution in [3.05, 3.63) is 0 Å². The number of hydrogen-bond donors (Lipinski definition) is 8. The van der Waals surface area contributed by atoms with Gasteiger partial charge in [-0.2, -0.15) is 0 Å². The Bertz CT molecular complexity index is 1390. The molecule has 0 spiro atoms. The number of ether oxygens (including phenoxy) is 8. The Morgan fingerprint density at radius 1 is 0.210 bits per heavy atom. The summed E-state index contributed by atoms with van der Waals surface area (Å²) in [5.74, 6) is 1.32. The molecule has 471 valence electrons. The van der Waals surface area contributed by atoms with E-state index in [2.05, 4.69) is 97.9 Å². The maximum atomic E-state index is 7.15. The molecule has 16 unspecified atom stereocenters. The molecule has 0 aromatic heterocycles. The Kier molecular flexibility index (Phi) is 28.5. The molecule has 8 bridgehead atoms. The topological polar surface area (TPSA) is 170 Å². The summed E-state index contributed by atoms with van der Waals surface area (Å²) in [6.07, 6.45) is 25.6. The van der Waals surface area contributed by atoms with Crippen molar-refractivity contribution in [2.75, 3.05) is 52.9 Å². The maximum Gasteiger partial charge on any atom is 0.0654 e. The van der Waals surface area contributed by atoms with E-state index in [9.17, 15) is 0 Å². The minimum Gasteiger partial charge on any atom is -0.378 e. The third kappa shape index (κ3) is 16.4. The van der Waals surface area contributed by atoms with Crippen molar-refractivity contribution in [2.24, 2.45) is 47.3 Å². The molecule has 5 heterocycles. The van der Waals surface area contributed by atoms with Gasteiger partial charge < -0.3 is 37.9 Å². The minimum absolute atomic E-state index is 0. The molecule has 17 heteroatoms. The molecule has 9 rings (SSSR count). The smallest absolute Gasteiger partial charge is 0.0654 e. The van der Waals surface area contributed by atoms with Gasteiger partial charge in [0.2, 0.25) is 0 Å². The Balaban J connectivity index is 0.00000860. The summed E-state index contributed by atoms with van der Waals surface area (Å²) in [6.45, 7) is 24.5. The molecule has 0 aromatic carbocycles. The summed E-state index contributed by atoms with van der Waals surface area (Å²) >= 11 is 0. The monoisotopic (exact) mass is 1180 g/mol. The van der Waals surface area contributed by atoms with Crippen LogP contribution < -0.4 is 42.5 Å². The first-order chi connectivity index (χ1) is 39.4. The average Bonchev–Trinajstić information content (AvgIpc) is 4.36. The number of hydrogen-bond acceptors (Lipinski definition) is 16. The predicted octanol–water partition coefficient (Wildman–Crippen LogP) is 8.96. The summed E-state index contributed by atoms with van der Waals surface area (Å²) in [7, 11) is 0. The van der Waals surface area contributed by atoms with Crippen molar-refractivity contribution in [3.63, 3.8) is 0 Å². The Morgan fingerprint density at radius 3 is 0.420 bits per heavy atom. The van der Waals surface area contributed by atoms with Crippen molar-refractivity contribution < 1.29 is 55.0 Å². The number of unbranched alkanes of at least 4 members (excludes halogenated alkanes) is 8. The van der Waals surface area contributed by atoms with Crippen LogP contribution in [0.25, 0.3) is 0 Å². The number of rotatable bonds is 32. The van der Waals surface area contributed by atoms with E-state index < -0.39 is 0 Å². The fourth-order valence-corrected chi connectivity index (χ4v) is 16.6. The van der Waals surface area contributed by atoms with E-state index >= 15 is 0 Å². The van der Waals surface area contributed by atoms with E-state index in [0.29, 0.717) is 0 Å². The van der Waals surface area contributed by atoms with Crippen molar-refractivity contribution in [3.8, 4) is 0 Å². The molecule has 0 aromatic rings. The third-order valence-electron chi connectivity index (χ3n) is 20.7. The van der Waals surface area contributed by atoms with Crippen LogP contribution in [0.1, 0.15) is 209 Å². The van der Waals surface area contributed by atoms with Crippen LogP contribution in [0.3, 0.4) is 0 Å². The average molecular weight is 1180 g/mol. The summed E-state index contributed by atoms with van der Waals surface area (Å²) in [5.41, 5.74) is 0. The van der Waals surface area contributed by atoms with E-state index in [4.69, 9.17) is 37.9 Å². The first-order valence-corrected chi connectivity index (χ1v) is 34.4. The molecule has 8 N–H and O–H groups in total. The van der Waals surface area contributed by atoms with Crippen LogP contribution in [0.15, 0.2) is 0 Å². The van der Waals surface area contributed by atoms with E-state index in [0.717, 1.165) is 207 Å². The van der Waals surface area contributed by atoms with E-state index in [1.165, 1.54) is 0 Å². The molecule has 16 nitrogen and oxygen atoms in total. The van der Waals surface area contributed by atoms with Crippen LogP contribution in [-0.4, -0.2) is 151 Å².